The molecule has 2 aromatic rings. The lowest BCUT2D eigenvalue weighted by Crippen LogP contribution is -2.38. The first-order valence-electron chi connectivity index (χ1n) is 6.01. The van der Waals surface area contributed by atoms with Gasteiger partial charge in [-0.3, -0.25) is 4.79 Å². The molecule has 1 aromatic heterocycles. The van der Waals surface area contributed by atoms with E-state index in [4.69, 9.17) is 4.74 Å². The highest BCUT2D eigenvalue weighted by Crippen LogP contribution is 2.30. The molecule has 20 heavy (non-hydrogen) atoms. The van der Waals surface area contributed by atoms with Crippen molar-refractivity contribution in [1.29, 1.82) is 0 Å². The van der Waals surface area contributed by atoms with Crippen molar-refractivity contribution in [1.82, 2.24) is 4.98 Å². The van der Waals surface area contributed by atoms with Gasteiger partial charge in [-0.25, -0.2) is 9.37 Å². The zero-order valence-electron chi connectivity index (χ0n) is 10.3. The molecule has 0 N–H and O–H groups in total. The number of halogens is 2. The van der Waals surface area contributed by atoms with E-state index in [1.165, 1.54) is 18.2 Å². The summed E-state index contributed by atoms with van der Waals surface area (Å²) in [5.41, 5.74) is 1.04. The quantitative estimate of drug-likeness (QED) is 0.803. The molecule has 1 amide bonds. The van der Waals surface area contributed by atoms with Crippen LogP contribution in [0.15, 0.2) is 41.0 Å². The minimum Gasteiger partial charge on any atom is -0.474 e. The summed E-state index contributed by atoms with van der Waals surface area (Å²) < 4.78 is 18.9. The van der Waals surface area contributed by atoms with Crippen LogP contribution in [0.4, 0.5) is 10.1 Å². The molecule has 1 aliphatic heterocycles. The lowest BCUT2D eigenvalue weighted by Gasteiger charge is -2.28. The molecule has 0 aliphatic carbocycles. The first kappa shape index (κ1) is 13.1. The molecule has 4 nitrogen and oxygen atoms in total. The number of carbonyl (C=O) groups excluding carboxylic acids is 1. The fraction of sp³-hybridized carbons (Fsp3) is 0.143. The van der Waals surface area contributed by atoms with E-state index in [0.29, 0.717) is 30.3 Å². The molecule has 1 aliphatic rings. The van der Waals surface area contributed by atoms with E-state index in [1.54, 1.807) is 23.2 Å². The number of amides is 1. The molecule has 0 saturated heterocycles. The summed E-state index contributed by atoms with van der Waals surface area (Å²) in [6.45, 7) is 0.824. The fourth-order valence-electron chi connectivity index (χ4n) is 2.05. The highest BCUT2D eigenvalue weighted by atomic mass is 79.9. The number of hydrogen-bond donors (Lipinski definition) is 0. The van der Waals surface area contributed by atoms with Crippen molar-refractivity contribution < 1.29 is 13.9 Å². The molecule has 0 spiro atoms. The summed E-state index contributed by atoms with van der Waals surface area (Å²) in [6.07, 6.45) is 1.61. The van der Waals surface area contributed by atoms with Crippen molar-refractivity contribution in [3.8, 4) is 5.88 Å². The van der Waals surface area contributed by atoms with E-state index in [2.05, 4.69) is 20.9 Å². The van der Waals surface area contributed by atoms with Crippen molar-refractivity contribution in [2.75, 3.05) is 18.1 Å². The second-order valence-corrected chi connectivity index (χ2v) is 5.12. The van der Waals surface area contributed by atoms with Crippen LogP contribution < -0.4 is 9.64 Å². The van der Waals surface area contributed by atoms with Crippen LogP contribution in [-0.4, -0.2) is 24.0 Å². The van der Waals surface area contributed by atoms with E-state index >= 15 is 0 Å². The minimum atomic E-state index is -0.398. The van der Waals surface area contributed by atoms with E-state index in [-0.39, 0.29) is 10.4 Å². The number of rotatable bonds is 1. The molecule has 0 saturated carbocycles. The van der Waals surface area contributed by atoms with Gasteiger partial charge in [0.1, 0.15) is 18.1 Å². The maximum atomic E-state index is 13.2. The summed E-state index contributed by atoms with van der Waals surface area (Å²) in [5, 5.41) is 0. The van der Waals surface area contributed by atoms with Crippen LogP contribution in [0, 0.1) is 5.82 Å². The normalized spacial score (nSPS) is 13.6. The Morgan fingerprint density at radius 2 is 2.25 bits per heavy atom. The molecule has 3 rings (SSSR count). The van der Waals surface area contributed by atoms with Crippen LogP contribution in [-0.2, 0) is 0 Å². The molecule has 1 aromatic carbocycles. The molecular weight excluding hydrogens is 327 g/mol. The highest BCUT2D eigenvalue weighted by Gasteiger charge is 2.25. The zero-order chi connectivity index (χ0) is 14.1. The summed E-state index contributed by atoms with van der Waals surface area (Å²) in [7, 11) is 0. The van der Waals surface area contributed by atoms with Gasteiger partial charge in [0.15, 0.2) is 0 Å². The monoisotopic (exact) mass is 336 g/mol. The van der Waals surface area contributed by atoms with Crippen molar-refractivity contribution in [3.63, 3.8) is 0 Å². The molecular formula is C14H10BrFN2O2. The van der Waals surface area contributed by atoms with Crippen molar-refractivity contribution in [2.45, 2.75) is 0 Å². The predicted octanol–water partition coefficient (Wildman–Crippen LogP) is 3.02. The second-order valence-electron chi connectivity index (χ2n) is 4.26. The average Bonchev–Trinajstić information content (AvgIpc) is 2.49. The fourth-order valence-corrected chi connectivity index (χ4v) is 2.43. The average molecular weight is 337 g/mol. The Labute approximate surface area is 123 Å². The van der Waals surface area contributed by atoms with Crippen molar-refractivity contribution >= 4 is 27.5 Å². The Kier molecular flexibility index (Phi) is 3.40. The number of nitrogens with zero attached hydrogens (tertiary/aromatic N) is 2. The van der Waals surface area contributed by atoms with E-state index in [1.807, 2.05) is 0 Å². The summed E-state index contributed by atoms with van der Waals surface area (Å²) in [4.78, 5) is 18.2. The Morgan fingerprint density at radius 3 is 3.05 bits per heavy atom. The summed E-state index contributed by atoms with van der Waals surface area (Å²) in [5.74, 6) is -0.165. The van der Waals surface area contributed by atoms with Crippen molar-refractivity contribution in [3.05, 3.63) is 52.4 Å². The molecule has 0 unspecified atom stereocenters. The van der Waals surface area contributed by atoms with Crippen LogP contribution in [0.3, 0.4) is 0 Å². The number of aromatic nitrogens is 1. The third kappa shape index (κ3) is 2.27. The molecule has 0 fully saturated rings. The molecule has 0 radical (unpaired) electrons. The largest absolute Gasteiger partial charge is 0.474 e. The first-order valence-corrected chi connectivity index (χ1v) is 6.81. The van der Waals surface area contributed by atoms with Gasteiger partial charge in [0, 0.05) is 11.8 Å². The third-order valence-corrected chi connectivity index (χ3v) is 3.61. The second kappa shape index (κ2) is 5.20. The number of fused-ring (bicyclic) bond motifs is 1. The van der Waals surface area contributed by atoms with Crippen LogP contribution in [0.2, 0.25) is 0 Å². The maximum absolute atomic E-state index is 13.2. The summed E-state index contributed by atoms with van der Waals surface area (Å²) in [6, 6.07) is 7.73. The first-order chi connectivity index (χ1) is 9.66. The third-order valence-electron chi connectivity index (χ3n) is 3.01. The van der Waals surface area contributed by atoms with Gasteiger partial charge in [-0.15, -0.1) is 0 Å². The van der Waals surface area contributed by atoms with Crippen LogP contribution in [0.25, 0.3) is 0 Å². The van der Waals surface area contributed by atoms with Gasteiger partial charge in [0.05, 0.1) is 11.0 Å². The van der Waals surface area contributed by atoms with Gasteiger partial charge in [-0.05, 0) is 46.3 Å². The summed E-state index contributed by atoms with van der Waals surface area (Å²) >= 11 is 3.09. The molecule has 2 heterocycles. The van der Waals surface area contributed by atoms with E-state index in [9.17, 15) is 9.18 Å². The van der Waals surface area contributed by atoms with Crippen molar-refractivity contribution in [2.24, 2.45) is 0 Å². The van der Waals surface area contributed by atoms with Crippen LogP contribution in [0.5, 0.6) is 5.88 Å². The van der Waals surface area contributed by atoms with Crippen LogP contribution in [0.1, 0.15) is 10.4 Å². The number of ether oxygens (including phenoxy) is 1. The minimum absolute atomic E-state index is 0.205. The number of anilines is 1. The lowest BCUT2D eigenvalue weighted by molar-refractivity contribution is 0.0975. The zero-order valence-corrected chi connectivity index (χ0v) is 11.9. The van der Waals surface area contributed by atoms with Gasteiger partial charge >= 0.3 is 0 Å². The number of hydrogen-bond acceptors (Lipinski definition) is 3. The predicted molar refractivity (Wildman–Crippen MR) is 75.5 cm³/mol. The Balaban J connectivity index is 1.97. The Hall–Kier alpha value is -1.95. The molecule has 6 heteroatoms. The Morgan fingerprint density at radius 1 is 1.40 bits per heavy atom. The molecule has 102 valence electrons. The Bertz CT molecular complexity index is 678. The number of carbonyl (C=O) groups is 1. The van der Waals surface area contributed by atoms with Gasteiger partial charge in [0.25, 0.3) is 5.91 Å². The highest BCUT2D eigenvalue weighted by molar-refractivity contribution is 9.10. The maximum Gasteiger partial charge on any atom is 0.258 e. The molecule has 0 bridgehead atoms. The standard InChI is InChI=1S/C14H10BrFN2O2/c15-10-8-9(3-4-11(10)16)14(19)18-6-7-20-13-12(18)2-1-5-17-13/h1-5,8H,6-7H2. The van der Waals surface area contributed by atoms with Crippen LogP contribution >= 0.6 is 15.9 Å². The van der Waals surface area contributed by atoms with Gasteiger partial charge in [-0.1, -0.05) is 0 Å². The lowest BCUT2D eigenvalue weighted by atomic mass is 10.1. The smallest absolute Gasteiger partial charge is 0.258 e. The number of benzene rings is 1. The van der Waals surface area contributed by atoms with E-state index in [0.717, 1.165) is 0 Å². The SMILES string of the molecule is O=C(c1ccc(F)c(Br)c1)N1CCOc2ncccc21. The van der Waals surface area contributed by atoms with E-state index < -0.39 is 5.82 Å². The van der Waals surface area contributed by atoms with Gasteiger partial charge in [0.2, 0.25) is 5.88 Å². The van der Waals surface area contributed by atoms with Gasteiger partial charge in [-0.2, -0.15) is 0 Å². The molecule has 0 atom stereocenters. The topological polar surface area (TPSA) is 42.4 Å². The van der Waals surface area contributed by atoms with Gasteiger partial charge < -0.3 is 9.64 Å². The number of pyridine rings is 1.